The second kappa shape index (κ2) is 5.21. The molecule has 0 N–H and O–H groups in total. The standard InChI is InChI=1S/C7H10O.C2H6/c1-6-4-2-3-5-7(6)8;1-2/h3,5-6H,2,4H2,1H3;1-2H3. The molecule has 0 amide bonds. The first-order valence-corrected chi connectivity index (χ1v) is 4.01. The Bertz CT molecular complexity index is 125. The third kappa shape index (κ3) is 2.81. The van der Waals surface area contributed by atoms with E-state index >= 15 is 0 Å². The Hall–Kier alpha value is -0.590. The quantitative estimate of drug-likeness (QED) is 0.505. The number of hydrogen-bond donors (Lipinski definition) is 0. The Morgan fingerprint density at radius 2 is 2.10 bits per heavy atom. The lowest BCUT2D eigenvalue weighted by Crippen LogP contribution is -2.10. The summed E-state index contributed by atoms with van der Waals surface area (Å²) in [5, 5.41) is 0. The van der Waals surface area contributed by atoms with Gasteiger partial charge in [-0.3, -0.25) is 4.79 Å². The van der Waals surface area contributed by atoms with Crippen molar-refractivity contribution in [1.29, 1.82) is 0 Å². The molecule has 0 bridgehead atoms. The third-order valence-corrected chi connectivity index (χ3v) is 1.53. The molecule has 1 nitrogen and oxygen atoms in total. The van der Waals surface area contributed by atoms with Crippen LogP contribution in [-0.4, -0.2) is 5.78 Å². The monoisotopic (exact) mass is 140 g/mol. The molecular weight excluding hydrogens is 124 g/mol. The van der Waals surface area contributed by atoms with Crippen molar-refractivity contribution in [3.63, 3.8) is 0 Å². The normalized spacial score (nSPS) is 23.5. The second-order valence-corrected chi connectivity index (χ2v) is 2.28. The van der Waals surface area contributed by atoms with Crippen LogP contribution in [-0.2, 0) is 4.79 Å². The first kappa shape index (κ1) is 9.41. The van der Waals surface area contributed by atoms with Crippen LogP contribution in [0.4, 0.5) is 0 Å². The minimum Gasteiger partial charge on any atom is -0.295 e. The van der Waals surface area contributed by atoms with Crippen LogP contribution in [0.15, 0.2) is 12.2 Å². The number of rotatable bonds is 0. The maximum atomic E-state index is 10.7. The van der Waals surface area contributed by atoms with Gasteiger partial charge < -0.3 is 0 Å². The van der Waals surface area contributed by atoms with E-state index in [4.69, 9.17) is 0 Å². The summed E-state index contributed by atoms with van der Waals surface area (Å²) in [4.78, 5) is 10.7. The summed E-state index contributed by atoms with van der Waals surface area (Å²) < 4.78 is 0. The van der Waals surface area contributed by atoms with Gasteiger partial charge in [0.1, 0.15) is 0 Å². The molecule has 0 aromatic heterocycles. The van der Waals surface area contributed by atoms with Crippen molar-refractivity contribution >= 4 is 5.78 Å². The van der Waals surface area contributed by atoms with Crippen LogP contribution in [0.5, 0.6) is 0 Å². The van der Waals surface area contributed by atoms with Gasteiger partial charge in [0.05, 0.1) is 0 Å². The van der Waals surface area contributed by atoms with Crippen molar-refractivity contribution in [2.45, 2.75) is 33.6 Å². The van der Waals surface area contributed by atoms with E-state index in [-0.39, 0.29) is 11.7 Å². The fraction of sp³-hybridized carbons (Fsp3) is 0.667. The van der Waals surface area contributed by atoms with Crippen molar-refractivity contribution in [3.8, 4) is 0 Å². The molecule has 0 radical (unpaired) electrons. The van der Waals surface area contributed by atoms with E-state index in [0.29, 0.717) is 0 Å². The lowest BCUT2D eigenvalue weighted by atomic mass is 9.95. The molecule has 1 atom stereocenters. The Balaban J connectivity index is 0.000000371. The van der Waals surface area contributed by atoms with E-state index in [1.54, 1.807) is 6.08 Å². The maximum absolute atomic E-state index is 10.7. The van der Waals surface area contributed by atoms with Gasteiger partial charge in [-0.05, 0) is 18.9 Å². The highest BCUT2D eigenvalue weighted by atomic mass is 16.1. The van der Waals surface area contributed by atoms with Gasteiger partial charge in [-0.25, -0.2) is 0 Å². The SMILES string of the molecule is CC.CC1CCC=CC1=O. The zero-order valence-corrected chi connectivity index (χ0v) is 7.05. The van der Waals surface area contributed by atoms with E-state index in [1.165, 1.54) is 0 Å². The average Bonchev–Trinajstić information content (AvgIpc) is 2.00. The first-order chi connectivity index (χ1) is 4.80. The minimum absolute atomic E-state index is 0.278. The lowest BCUT2D eigenvalue weighted by Gasteiger charge is -2.08. The van der Waals surface area contributed by atoms with Crippen molar-refractivity contribution in [1.82, 2.24) is 0 Å². The van der Waals surface area contributed by atoms with Crippen LogP contribution in [0, 0.1) is 5.92 Å². The van der Waals surface area contributed by atoms with Crippen molar-refractivity contribution in [3.05, 3.63) is 12.2 Å². The van der Waals surface area contributed by atoms with E-state index in [2.05, 4.69) is 0 Å². The predicted octanol–water partition coefficient (Wildman–Crippen LogP) is 2.57. The number of carbonyl (C=O) groups is 1. The maximum Gasteiger partial charge on any atom is 0.158 e. The molecule has 1 rings (SSSR count). The van der Waals surface area contributed by atoms with Crippen molar-refractivity contribution in [2.75, 3.05) is 0 Å². The van der Waals surface area contributed by atoms with Gasteiger partial charge in [-0.15, -0.1) is 0 Å². The van der Waals surface area contributed by atoms with Gasteiger partial charge in [0, 0.05) is 5.92 Å². The Labute approximate surface area is 63.1 Å². The summed E-state index contributed by atoms with van der Waals surface area (Å²) in [5.74, 6) is 0.566. The summed E-state index contributed by atoms with van der Waals surface area (Å²) in [6.45, 7) is 5.98. The number of carbonyl (C=O) groups excluding carboxylic acids is 1. The fourth-order valence-corrected chi connectivity index (χ4v) is 0.852. The van der Waals surface area contributed by atoms with Crippen LogP contribution in [0.3, 0.4) is 0 Å². The average molecular weight is 140 g/mol. The Morgan fingerprint density at radius 1 is 1.50 bits per heavy atom. The molecule has 0 saturated heterocycles. The van der Waals surface area contributed by atoms with Crippen LogP contribution in [0.2, 0.25) is 0 Å². The van der Waals surface area contributed by atoms with Crippen LogP contribution < -0.4 is 0 Å². The molecule has 0 saturated carbocycles. The molecule has 0 spiro atoms. The molecule has 58 valence electrons. The molecule has 1 aliphatic rings. The van der Waals surface area contributed by atoms with Gasteiger partial charge in [-0.2, -0.15) is 0 Å². The molecular formula is C9H16O. The topological polar surface area (TPSA) is 17.1 Å². The molecule has 1 unspecified atom stereocenters. The summed E-state index contributed by atoms with van der Waals surface area (Å²) >= 11 is 0. The van der Waals surface area contributed by atoms with Crippen LogP contribution >= 0.6 is 0 Å². The highest BCUT2D eigenvalue weighted by Crippen LogP contribution is 2.12. The van der Waals surface area contributed by atoms with Crippen LogP contribution in [0.25, 0.3) is 0 Å². The highest BCUT2D eigenvalue weighted by Gasteiger charge is 2.11. The van der Waals surface area contributed by atoms with Crippen molar-refractivity contribution < 1.29 is 4.79 Å². The zero-order chi connectivity index (χ0) is 7.98. The summed E-state index contributed by atoms with van der Waals surface area (Å²) in [5.41, 5.74) is 0. The van der Waals surface area contributed by atoms with Crippen LogP contribution in [0.1, 0.15) is 33.6 Å². The Morgan fingerprint density at radius 3 is 2.40 bits per heavy atom. The molecule has 0 aliphatic heterocycles. The highest BCUT2D eigenvalue weighted by molar-refractivity contribution is 5.92. The molecule has 10 heavy (non-hydrogen) atoms. The number of hydrogen-bond acceptors (Lipinski definition) is 1. The second-order valence-electron chi connectivity index (χ2n) is 2.28. The lowest BCUT2D eigenvalue weighted by molar-refractivity contribution is -0.118. The largest absolute Gasteiger partial charge is 0.295 e. The number of allylic oxidation sites excluding steroid dienone is 2. The smallest absolute Gasteiger partial charge is 0.158 e. The van der Waals surface area contributed by atoms with E-state index < -0.39 is 0 Å². The third-order valence-electron chi connectivity index (χ3n) is 1.53. The molecule has 1 aliphatic carbocycles. The van der Waals surface area contributed by atoms with E-state index in [0.717, 1.165) is 12.8 Å². The predicted molar refractivity (Wildman–Crippen MR) is 43.9 cm³/mol. The summed E-state index contributed by atoms with van der Waals surface area (Å²) in [7, 11) is 0. The number of ketones is 1. The summed E-state index contributed by atoms with van der Waals surface area (Å²) in [6.07, 6.45) is 5.75. The van der Waals surface area contributed by atoms with Gasteiger partial charge in [0.15, 0.2) is 5.78 Å². The van der Waals surface area contributed by atoms with Gasteiger partial charge in [0.25, 0.3) is 0 Å². The van der Waals surface area contributed by atoms with Gasteiger partial charge in [0.2, 0.25) is 0 Å². The first-order valence-electron chi connectivity index (χ1n) is 4.01. The van der Waals surface area contributed by atoms with Crippen molar-refractivity contribution in [2.24, 2.45) is 5.92 Å². The minimum atomic E-state index is 0.278. The fourth-order valence-electron chi connectivity index (χ4n) is 0.852. The zero-order valence-electron chi connectivity index (χ0n) is 7.05. The molecule has 0 fully saturated rings. The molecule has 0 aromatic carbocycles. The molecule has 0 aromatic rings. The van der Waals surface area contributed by atoms with E-state index in [1.807, 2.05) is 26.8 Å². The molecule has 0 heterocycles. The molecule has 1 heteroatoms. The van der Waals surface area contributed by atoms with E-state index in [9.17, 15) is 4.79 Å². The summed E-state index contributed by atoms with van der Waals surface area (Å²) in [6, 6.07) is 0. The Kier molecular flexibility index (Phi) is 4.91. The van der Waals surface area contributed by atoms with Gasteiger partial charge >= 0.3 is 0 Å². The van der Waals surface area contributed by atoms with Gasteiger partial charge in [-0.1, -0.05) is 26.8 Å².